The highest BCUT2D eigenvalue weighted by Crippen LogP contribution is 2.22. The number of H-pyrrole nitrogens is 1. The standard InChI is InChI=1S/C12H20N4O4S/c1-3-8-10(21(13,18)19)9(16-15-8)11(17)14-12(2)4-6-20-7-5-12/h3-7H2,1-2H3,(H,14,17)(H,15,16)(H2,13,18,19). The lowest BCUT2D eigenvalue weighted by Crippen LogP contribution is -2.50. The molecule has 0 atom stereocenters. The van der Waals surface area contributed by atoms with Crippen LogP contribution in [0.15, 0.2) is 4.90 Å². The molecule has 0 saturated carbocycles. The van der Waals surface area contributed by atoms with Gasteiger partial charge in [0.2, 0.25) is 10.0 Å². The first-order valence-electron chi connectivity index (χ1n) is 6.77. The summed E-state index contributed by atoms with van der Waals surface area (Å²) >= 11 is 0. The number of nitrogens with two attached hydrogens (primary N) is 1. The Labute approximate surface area is 123 Å². The fraction of sp³-hybridized carbons (Fsp3) is 0.667. The first-order valence-corrected chi connectivity index (χ1v) is 8.32. The SMILES string of the molecule is CCc1[nH]nc(C(=O)NC2(C)CCOCC2)c1S(N)(=O)=O. The summed E-state index contributed by atoms with van der Waals surface area (Å²) in [4.78, 5) is 12.1. The van der Waals surface area contributed by atoms with Crippen LogP contribution in [0, 0.1) is 0 Å². The van der Waals surface area contributed by atoms with E-state index in [-0.39, 0.29) is 10.6 Å². The number of sulfonamides is 1. The van der Waals surface area contributed by atoms with Crippen LogP contribution in [0.5, 0.6) is 0 Å². The molecule has 0 unspecified atom stereocenters. The smallest absolute Gasteiger partial charge is 0.273 e. The van der Waals surface area contributed by atoms with E-state index in [2.05, 4.69) is 15.5 Å². The van der Waals surface area contributed by atoms with Crippen molar-refractivity contribution in [2.45, 2.75) is 43.5 Å². The Kier molecular flexibility index (Phi) is 4.35. The molecule has 4 N–H and O–H groups in total. The van der Waals surface area contributed by atoms with Gasteiger partial charge in [-0.3, -0.25) is 9.89 Å². The lowest BCUT2D eigenvalue weighted by Gasteiger charge is -2.34. The summed E-state index contributed by atoms with van der Waals surface area (Å²) in [6, 6.07) is 0. The number of aryl methyl sites for hydroxylation is 1. The van der Waals surface area contributed by atoms with Crippen molar-refractivity contribution in [1.82, 2.24) is 15.5 Å². The van der Waals surface area contributed by atoms with E-state index in [4.69, 9.17) is 9.88 Å². The molecule has 1 saturated heterocycles. The fourth-order valence-corrected chi connectivity index (χ4v) is 3.29. The molecule has 21 heavy (non-hydrogen) atoms. The van der Waals surface area contributed by atoms with Crippen LogP contribution in [0.25, 0.3) is 0 Å². The van der Waals surface area contributed by atoms with Gasteiger partial charge in [-0.1, -0.05) is 6.92 Å². The molecular formula is C12H20N4O4S. The Morgan fingerprint density at radius 3 is 2.62 bits per heavy atom. The monoisotopic (exact) mass is 316 g/mol. The average molecular weight is 316 g/mol. The van der Waals surface area contributed by atoms with Crippen LogP contribution in [-0.2, 0) is 21.2 Å². The molecule has 1 aliphatic heterocycles. The van der Waals surface area contributed by atoms with E-state index >= 15 is 0 Å². The van der Waals surface area contributed by atoms with Crippen LogP contribution in [0.3, 0.4) is 0 Å². The number of hydrogen-bond acceptors (Lipinski definition) is 5. The lowest BCUT2D eigenvalue weighted by atomic mass is 9.92. The van der Waals surface area contributed by atoms with Crippen LogP contribution >= 0.6 is 0 Å². The molecule has 9 heteroatoms. The number of carbonyl (C=O) groups is 1. The molecule has 0 radical (unpaired) electrons. The Balaban J connectivity index is 2.30. The third kappa shape index (κ3) is 3.42. The van der Waals surface area contributed by atoms with Gasteiger partial charge in [-0.25, -0.2) is 13.6 Å². The molecule has 2 heterocycles. The number of amides is 1. The molecule has 0 aromatic carbocycles. The van der Waals surface area contributed by atoms with E-state index in [1.807, 2.05) is 6.92 Å². The zero-order valence-electron chi connectivity index (χ0n) is 12.1. The van der Waals surface area contributed by atoms with Crippen molar-refractivity contribution in [2.75, 3.05) is 13.2 Å². The van der Waals surface area contributed by atoms with Gasteiger partial charge in [0.15, 0.2) is 5.69 Å². The summed E-state index contributed by atoms with van der Waals surface area (Å²) in [5, 5.41) is 14.4. The number of carbonyl (C=O) groups excluding carboxylic acids is 1. The Bertz CT molecular complexity index is 632. The van der Waals surface area contributed by atoms with Gasteiger partial charge in [-0.15, -0.1) is 0 Å². The normalized spacial score (nSPS) is 18.4. The maximum atomic E-state index is 12.4. The van der Waals surface area contributed by atoms with Crippen LogP contribution < -0.4 is 10.5 Å². The molecule has 0 spiro atoms. The largest absolute Gasteiger partial charge is 0.381 e. The number of nitrogens with one attached hydrogen (secondary N) is 2. The number of rotatable bonds is 4. The minimum Gasteiger partial charge on any atom is -0.381 e. The van der Waals surface area contributed by atoms with Gasteiger partial charge in [0.1, 0.15) is 4.90 Å². The molecule has 1 amide bonds. The van der Waals surface area contributed by atoms with Crippen molar-refractivity contribution < 1.29 is 17.9 Å². The second-order valence-corrected chi connectivity index (χ2v) is 6.90. The minimum atomic E-state index is -4.02. The molecule has 8 nitrogen and oxygen atoms in total. The number of nitrogens with zero attached hydrogens (tertiary/aromatic N) is 1. The molecule has 1 aromatic heterocycles. The molecule has 0 bridgehead atoms. The molecule has 1 fully saturated rings. The number of hydrogen-bond donors (Lipinski definition) is 3. The summed E-state index contributed by atoms with van der Waals surface area (Å²) in [6.07, 6.45) is 1.71. The minimum absolute atomic E-state index is 0.179. The Morgan fingerprint density at radius 2 is 2.10 bits per heavy atom. The summed E-state index contributed by atoms with van der Waals surface area (Å²) in [6.45, 7) is 4.76. The van der Waals surface area contributed by atoms with Crippen molar-refractivity contribution in [3.05, 3.63) is 11.4 Å². The summed E-state index contributed by atoms with van der Waals surface area (Å²) < 4.78 is 28.6. The second-order valence-electron chi connectivity index (χ2n) is 5.41. The predicted molar refractivity (Wildman–Crippen MR) is 75.3 cm³/mol. The van der Waals surface area contributed by atoms with Gasteiger partial charge in [-0.2, -0.15) is 5.10 Å². The van der Waals surface area contributed by atoms with Crippen LogP contribution in [0.1, 0.15) is 42.9 Å². The maximum Gasteiger partial charge on any atom is 0.273 e. The number of primary sulfonamides is 1. The van der Waals surface area contributed by atoms with Gasteiger partial charge < -0.3 is 10.1 Å². The first kappa shape index (κ1) is 15.9. The summed E-state index contributed by atoms with van der Waals surface area (Å²) in [7, 11) is -4.02. The van der Waals surface area contributed by atoms with Gasteiger partial charge >= 0.3 is 0 Å². The highest BCUT2D eigenvalue weighted by atomic mass is 32.2. The summed E-state index contributed by atoms with van der Waals surface area (Å²) in [5.41, 5.74) is -0.280. The Morgan fingerprint density at radius 1 is 1.48 bits per heavy atom. The Hall–Kier alpha value is -1.45. The molecule has 1 aliphatic rings. The number of ether oxygens (including phenoxy) is 1. The van der Waals surface area contributed by atoms with E-state index in [1.165, 1.54) is 0 Å². The summed E-state index contributed by atoms with van der Waals surface area (Å²) in [5.74, 6) is -0.542. The number of aromatic amines is 1. The zero-order valence-corrected chi connectivity index (χ0v) is 12.9. The van der Waals surface area contributed by atoms with E-state index in [0.29, 0.717) is 38.2 Å². The molecule has 2 rings (SSSR count). The number of aromatic nitrogens is 2. The zero-order chi connectivity index (χ0) is 15.7. The third-order valence-electron chi connectivity index (χ3n) is 3.66. The topological polar surface area (TPSA) is 127 Å². The van der Waals surface area contributed by atoms with Crippen LogP contribution in [0.4, 0.5) is 0 Å². The fourth-order valence-electron chi connectivity index (χ4n) is 2.35. The second kappa shape index (κ2) is 5.74. The van der Waals surface area contributed by atoms with Crippen molar-refractivity contribution in [2.24, 2.45) is 5.14 Å². The third-order valence-corrected chi connectivity index (χ3v) is 4.67. The van der Waals surface area contributed by atoms with Gasteiger partial charge in [0.05, 0.1) is 5.69 Å². The van der Waals surface area contributed by atoms with E-state index in [0.717, 1.165) is 0 Å². The van der Waals surface area contributed by atoms with E-state index < -0.39 is 21.5 Å². The molecule has 0 aliphatic carbocycles. The van der Waals surface area contributed by atoms with Crippen molar-refractivity contribution in [1.29, 1.82) is 0 Å². The highest BCUT2D eigenvalue weighted by Gasteiger charge is 2.33. The highest BCUT2D eigenvalue weighted by molar-refractivity contribution is 7.89. The van der Waals surface area contributed by atoms with Gasteiger partial charge in [0, 0.05) is 18.8 Å². The molecule has 1 aromatic rings. The molecular weight excluding hydrogens is 296 g/mol. The molecule has 118 valence electrons. The van der Waals surface area contributed by atoms with Crippen LogP contribution in [-0.4, -0.2) is 43.3 Å². The van der Waals surface area contributed by atoms with E-state index in [9.17, 15) is 13.2 Å². The maximum absolute atomic E-state index is 12.4. The van der Waals surface area contributed by atoms with Gasteiger partial charge in [-0.05, 0) is 26.2 Å². The van der Waals surface area contributed by atoms with Crippen molar-refractivity contribution >= 4 is 15.9 Å². The predicted octanol–water partition coefficient (Wildman–Crippen LogP) is -0.0816. The first-order chi connectivity index (χ1) is 9.77. The van der Waals surface area contributed by atoms with Crippen molar-refractivity contribution in [3.63, 3.8) is 0 Å². The van der Waals surface area contributed by atoms with Crippen molar-refractivity contribution in [3.8, 4) is 0 Å². The lowest BCUT2D eigenvalue weighted by molar-refractivity contribution is 0.0420. The van der Waals surface area contributed by atoms with Gasteiger partial charge in [0.25, 0.3) is 5.91 Å². The average Bonchev–Trinajstić information content (AvgIpc) is 2.82. The quantitative estimate of drug-likeness (QED) is 0.716. The van der Waals surface area contributed by atoms with E-state index in [1.54, 1.807) is 6.92 Å². The van der Waals surface area contributed by atoms with Crippen LogP contribution in [0.2, 0.25) is 0 Å².